The van der Waals surface area contributed by atoms with Crippen LogP contribution in [-0.2, 0) is 17.4 Å². The van der Waals surface area contributed by atoms with Crippen molar-refractivity contribution in [2.75, 3.05) is 52.4 Å². The summed E-state index contributed by atoms with van der Waals surface area (Å²) in [7, 11) is 0. The van der Waals surface area contributed by atoms with Gasteiger partial charge in [-0.15, -0.1) is 0 Å². The number of rotatable bonds is 0. The van der Waals surface area contributed by atoms with Gasteiger partial charge in [0.2, 0.25) is 0 Å². The van der Waals surface area contributed by atoms with Gasteiger partial charge in [-0.05, 0) is 0 Å². The molecule has 1 rings (SSSR count). The zero-order chi connectivity index (χ0) is 13.3. The largest absolute Gasteiger partial charge is 3.00 e. The van der Waals surface area contributed by atoms with Gasteiger partial charge in [0.15, 0.2) is 0 Å². The fourth-order valence-electron chi connectivity index (χ4n) is 1.47. The molecule has 6 heteroatoms. The van der Waals surface area contributed by atoms with Gasteiger partial charge in [-0.2, -0.15) is 58.8 Å². The zero-order valence-electron chi connectivity index (χ0n) is 12.9. The molecule has 1 radical (unpaired) electrons. The van der Waals surface area contributed by atoms with Crippen molar-refractivity contribution in [2.24, 2.45) is 0 Å². The molecule has 0 spiro atoms. The normalized spacial score (nSPS) is 18.9. The maximum atomic E-state index is 4.44. The first-order valence-electron chi connectivity index (χ1n) is 7.24. The molecule has 121 valence electrons. The quantitative estimate of drug-likeness (QED) is 0.613. The molecule has 0 atom stereocenters. The molecular formula is C14H31CrN4O-2. The predicted octanol–water partition coefficient (Wildman–Crippen LogP) is 3.07. The predicted molar refractivity (Wildman–Crippen MR) is 85.5 cm³/mol. The zero-order valence-corrected chi connectivity index (χ0v) is 14.2. The van der Waals surface area contributed by atoms with Gasteiger partial charge in [-0.3, -0.25) is 0 Å². The Hall–Kier alpha value is 0.332. The van der Waals surface area contributed by atoms with Crippen LogP contribution < -0.4 is 0 Å². The molecule has 0 aromatic rings. The van der Waals surface area contributed by atoms with Crippen LogP contribution in [0.2, 0.25) is 0 Å². The van der Waals surface area contributed by atoms with Crippen LogP contribution in [0.15, 0.2) is 0 Å². The van der Waals surface area contributed by atoms with E-state index in [1.807, 2.05) is 6.92 Å². The number of hydrogen-bond donors (Lipinski definition) is 0. The molecule has 2 N–H and O–H groups in total. The maximum absolute atomic E-state index is 4.44. The molecule has 0 saturated carbocycles. The van der Waals surface area contributed by atoms with Crippen molar-refractivity contribution in [3.8, 4) is 0 Å². The van der Waals surface area contributed by atoms with Crippen LogP contribution in [-0.4, -0.2) is 57.8 Å². The summed E-state index contributed by atoms with van der Waals surface area (Å²) in [6, 6.07) is 0. The average molecular weight is 323 g/mol. The Balaban J connectivity index is -0.000000530. The van der Waals surface area contributed by atoms with Gasteiger partial charge in [0.05, 0.1) is 0 Å². The molecule has 5 nitrogen and oxygen atoms in total. The summed E-state index contributed by atoms with van der Waals surface area (Å²) in [5.41, 5.74) is 0. The minimum atomic E-state index is 0. The third kappa shape index (κ3) is 23.4. The van der Waals surface area contributed by atoms with Crippen molar-refractivity contribution in [3.05, 3.63) is 28.2 Å². The second-order valence-corrected chi connectivity index (χ2v) is 4.24. The first-order valence-corrected chi connectivity index (χ1v) is 7.24. The van der Waals surface area contributed by atoms with E-state index in [0.717, 1.165) is 78.0 Å². The van der Waals surface area contributed by atoms with Crippen LogP contribution in [0.3, 0.4) is 0 Å². The molecule has 1 fully saturated rings. The standard InChI is InChI=1S/C11H22N4.C3H7.Cr.H2O/c1-4-12-6-2-8-14-10-11-15-9-3-7-13-5-1;1-3-2;;/h1-11H2;1,3H2,2H3;;1H2/q-4;-1;+3;. The van der Waals surface area contributed by atoms with E-state index in [1.165, 1.54) is 0 Å². The van der Waals surface area contributed by atoms with Gasteiger partial charge < -0.3 is 33.7 Å². The van der Waals surface area contributed by atoms with Gasteiger partial charge in [0, 0.05) is 0 Å². The molecule has 0 aromatic heterocycles. The van der Waals surface area contributed by atoms with Crippen molar-refractivity contribution < 1.29 is 22.8 Å². The van der Waals surface area contributed by atoms with Gasteiger partial charge in [-0.25, -0.2) is 0 Å². The monoisotopic (exact) mass is 323 g/mol. The van der Waals surface area contributed by atoms with E-state index in [2.05, 4.69) is 28.2 Å². The third-order valence-electron chi connectivity index (χ3n) is 2.31. The fraction of sp³-hybridized carbons (Fsp3) is 0.929. The van der Waals surface area contributed by atoms with Crippen molar-refractivity contribution in [2.45, 2.75) is 32.6 Å². The second kappa shape index (κ2) is 24.4. The summed E-state index contributed by atoms with van der Waals surface area (Å²) in [5, 5.41) is 17.7. The SMILES string of the molecule is C1C[N-]CCC[N-]CC[N-]CCC[N-]C1.O.[CH2-]CC.[Cr+3]. The minimum absolute atomic E-state index is 0. The molecule has 0 unspecified atom stereocenters. The van der Waals surface area contributed by atoms with Crippen LogP contribution in [0.4, 0.5) is 0 Å². The Morgan fingerprint density at radius 2 is 0.850 bits per heavy atom. The van der Waals surface area contributed by atoms with Crippen molar-refractivity contribution in [3.63, 3.8) is 0 Å². The Bertz CT molecular complexity index is 94.5. The fourth-order valence-corrected chi connectivity index (χ4v) is 1.47. The van der Waals surface area contributed by atoms with Crippen molar-refractivity contribution in [1.82, 2.24) is 0 Å². The minimum Gasteiger partial charge on any atom is -0.664 e. The summed E-state index contributed by atoms with van der Waals surface area (Å²) >= 11 is 0. The molecule has 1 aliphatic heterocycles. The van der Waals surface area contributed by atoms with Gasteiger partial charge in [-0.1, -0.05) is 26.2 Å². The molecule has 0 amide bonds. The van der Waals surface area contributed by atoms with Gasteiger partial charge in [0.25, 0.3) is 0 Å². The molecule has 20 heavy (non-hydrogen) atoms. The molecule has 1 aliphatic rings. The number of hydrogen-bond acceptors (Lipinski definition) is 0. The second-order valence-electron chi connectivity index (χ2n) is 4.24. The number of nitrogens with zero attached hydrogens (tertiary/aromatic N) is 4. The first kappa shape index (κ1) is 25.3. The summed E-state index contributed by atoms with van der Waals surface area (Å²) in [6.07, 6.45) is 4.29. The summed E-state index contributed by atoms with van der Waals surface area (Å²) in [4.78, 5) is 0. The van der Waals surface area contributed by atoms with E-state index in [9.17, 15) is 0 Å². The Morgan fingerprint density at radius 3 is 1.10 bits per heavy atom. The Kier molecular flexibility index (Phi) is 30.8. The first-order chi connectivity index (χ1) is 8.91. The maximum Gasteiger partial charge on any atom is 3.00 e. The summed E-state index contributed by atoms with van der Waals surface area (Å²) in [6.45, 7) is 13.0. The molecule has 1 heterocycles. The molecule has 0 bridgehead atoms. The van der Waals surface area contributed by atoms with Crippen molar-refractivity contribution in [1.29, 1.82) is 0 Å². The van der Waals surface area contributed by atoms with Crippen LogP contribution >= 0.6 is 0 Å². The van der Waals surface area contributed by atoms with E-state index in [0.29, 0.717) is 0 Å². The van der Waals surface area contributed by atoms with Crippen LogP contribution in [0.25, 0.3) is 21.3 Å². The smallest absolute Gasteiger partial charge is 0.664 e. The Morgan fingerprint density at radius 1 is 0.650 bits per heavy atom. The van der Waals surface area contributed by atoms with E-state index < -0.39 is 0 Å². The van der Waals surface area contributed by atoms with Gasteiger partial charge in [0.1, 0.15) is 0 Å². The van der Waals surface area contributed by atoms with E-state index >= 15 is 0 Å². The molecule has 0 aliphatic carbocycles. The third-order valence-corrected chi connectivity index (χ3v) is 2.31. The van der Waals surface area contributed by atoms with E-state index in [-0.39, 0.29) is 22.8 Å². The molecule has 0 aromatic carbocycles. The van der Waals surface area contributed by atoms with Crippen LogP contribution in [0, 0.1) is 6.92 Å². The Labute approximate surface area is 136 Å². The van der Waals surface area contributed by atoms with Crippen LogP contribution in [0.5, 0.6) is 0 Å². The molecular weight excluding hydrogens is 292 g/mol. The molecule has 1 saturated heterocycles. The van der Waals surface area contributed by atoms with Gasteiger partial charge >= 0.3 is 17.4 Å². The van der Waals surface area contributed by atoms with Crippen LogP contribution in [0.1, 0.15) is 32.6 Å². The summed E-state index contributed by atoms with van der Waals surface area (Å²) in [5.74, 6) is 0. The van der Waals surface area contributed by atoms with Crippen molar-refractivity contribution >= 4 is 0 Å². The van der Waals surface area contributed by atoms with E-state index in [4.69, 9.17) is 0 Å². The average Bonchev–Trinajstić information content (AvgIpc) is 2.38. The topological polar surface area (TPSA) is 87.9 Å². The van der Waals surface area contributed by atoms with E-state index in [1.54, 1.807) is 0 Å². The summed E-state index contributed by atoms with van der Waals surface area (Å²) < 4.78 is 0.